The van der Waals surface area contributed by atoms with Crippen LogP contribution in [0.4, 0.5) is 0 Å². The Bertz CT molecular complexity index is 467. The molecule has 102 valence electrons. The van der Waals surface area contributed by atoms with Crippen LogP contribution in [0.15, 0.2) is 17.3 Å². The number of aromatic nitrogens is 2. The maximum Gasteiger partial charge on any atom is 0.246 e. The smallest absolute Gasteiger partial charge is 0.246 e. The van der Waals surface area contributed by atoms with Crippen molar-refractivity contribution in [2.75, 3.05) is 26.2 Å². The van der Waals surface area contributed by atoms with Gasteiger partial charge in [-0.2, -0.15) is 9.40 Å². The van der Waals surface area contributed by atoms with Gasteiger partial charge in [-0.15, -0.1) is 0 Å². The zero-order valence-corrected chi connectivity index (χ0v) is 11.7. The topological polar surface area (TPSA) is 69.3 Å². The number of rotatable bonds is 5. The lowest BCUT2D eigenvalue weighted by molar-refractivity contribution is 0.224. The van der Waals surface area contributed by atoms with Crippen LogP contribution in [0.5, 0.6) is 0 Å². The molecule has 0 aromatic carbocycles. The number of H-pyrrole nitrogens is 1. The van der Waals surface area contributed by atoms with Gasteiger partial charge < -0.3 is 0 Å². The Morgan fingerprint density at radius 1 is 1.50 bits per heavy atom. The second-order valence-corrected chi connectivity index (χ2v) is 6.40. The highest BCUT2D eigenvalue weighted by Crippen LogP contribution is 2.22. The van der Waals surface area contributed by atoms with Gasteiger partial charge in [-0.25, -0.2) is 8.42 Å². The molecule has 0 amide bonds. The third-order valence-corrected chi connectivity index (χ3v) is 5.40. The van der Waals surface area contributed by atoms with Gasteiger partial charge in [-0.05, 0) is 19.5 Å². The third kappa shape index (κ3) is 2.43. The summed E-state index contributed by atoms with van der Waals surface area (Å²) in [7, 11) is -3.37. The molecular weight excluding hydrogens is 252 g/mol. The van der Waals surface area contributed by atoms with Crippen molar-refractivity contribution < 1.29 is 8.42 Å². The van der Waals surface area contributed by atoms with Gasteiger partial charge in [-0.3, -0.25) is 10.00 Å². The molecular formula is C11H20N4O2S. The van der Waals surface area contributed by atoms with Gasteiger partial charge in [0.05, 0.1) is 6.20 Å². The maximum atomic E-state index is 12.3. The van der Waals surface area contributed by atoms with E-state index in [4.69, 9.17) is 0 Å². The van der Waals surface area contributed by atoms with Crippen LogP contribution in [0, 0.1) is 0 Å². The molecule has 6 nitrogen and oxygen atoms in total. The molecule has 0 radical (unpaired) electrons. The number of hydrogen-bond donors (Lipinski definition) is 1. The van der Waals surface area contributed by atoms with Crippen molar-refractivity contribution in [3.05, 3.63) is 12.4 Å². The first-order chi connectivity index (χ1) is 8.59. The molecule has 0 saturated carbocycles. The third-order valence-electron chi connectivity index (χ3n) is 3.57. The molecule has 0 aliphatic carbocycles. The largest absolute Gasteiger partial charge is 0.300 e. The Morgan fingerprint density at radius 3 is 2.78 bits per heavy atom. The van der Waals surface area contributed by atoms with Crippen LogP contribution in [-0.4, -0.2) is 60.0 Å². The Balaban J connectivity index is 2.09. The maximum absolute atomic E-state index is 12.3. The summed E-state index contributed by atoms with van der Waals surface area (Å²) in [6, 6.07) is 0.335. The molecule has 2 heterocycles. The zero-order valence-electron chi connectivity index (χ0n) is 10.8. The van der Waals surface area contributed by atoms with Crippen molar-refractivity contribution in [3.8, 4) is 0 Å². The highest BCUT2D eigenvalue weighted by molar-refractivity contribution is 7.89. The average Bonchev–Trinajstić information content (AvgIpc) is 3.02. The molecule has 1 aromatic heterocycles. The standard InChI is InChI=1S/C11H20N4O2S/c1-3-14(4-2)10-5-6-15(9-10)18(16,17)11-7-12-13-8-11/h7-8,10H,3-6,9H2,1-2H3,(H,12,13). The van der Waals surface area contributed by atoms with Gasteiger partial charge in [0.25, 0.3) is 0 Å². The van der Waals surface area contributed by atoms with E-state index in [0.717, 1.165) is 19.5 Å². The van der Waals surface area contributed by atoms with Gasteiger partial charge in [0.2, 0.25) is 10.0 Å². The molecule has 1 atom stereocenters. The molecule has 1 fully saturated rings. The minimum Gasteiger partial charge on any atom is -0.300 e. The quantitative estimate of drug-likeness (QED) is 0.848. The first kappa shape index (κ1) is 13.5. The van der Waals surface area contributed by atoms with Crippen LogP contribution in [0.25, 0.3) is 0 Å². The Morgan fingerprint density at radius 2 is 2.22 bits per heavy atom. The first-order valence-corrected chi connectivity index (χ1v) is 7.76. The minimum absolute atomic E-state index is 0.252. The molecule has 18 heavy (non-hydrogen) atoms. The lowest BCUT2D eigenvalue weighted by atomic mass is 10.2. The summed E-state index contributed by atoms with van der Waals surface area (Å²) < 4.78 is 26.1. The Hall–Kier alpha value is -0.920. The number of likely N-dealkylation sites (N-methyl/N-ethyl adjacent to an activating group) is 1. The lowest BCUT2D eigenvalue weighted by Crippen LogP contribution is -2.38. The fourth-order valence-corrected chi connectivity index (χ4v) is 3.90. The van der Waals surface area contributed by atoms with E-state index in [0.29, 0.717) is 19.1 Å². The van der Waals surface area contributed by atoms with Gasteiger partial charge in [-0.1, -0.05) is 13.8 Å². The molecule has 1 aromatic rings. The molecule has 0 spiro atoms. The van der Waals surface area contributed by atoms with Gasteiger partial charge in [0, 0.05) is 25.3 Å². The van der Waals surface area contributed by atoms with Gasteiger partial charge in [0.1, 0.15) is 4.90 Å². The fourth-order valence-electron chi connectivity index (χ4n) is 2.50. The summed E-state index contributed by atoms with van der Waals surface area (Å²) in [5, 5.41) is 6.25. The average molecular weight is 272 g/mol. The second-order valence-electron chi connectivity index (χ2n) is 4.46. The SMILES string of the molecule is CCN(CC)C1CCN(S(=O)(=O)c2cn[nH]c2)C1. The second kappa shape index (κ2) is 5.38. The van der Waals surface area contributed by atoms with Crippen LogP contribution in [0.1, 0.15) is 20.3 Å². The Kier molecular flexibility index (Phi) is 4.04. The van der Waals surface area contributed by atoms with E-state index in [1.165, 1.54) is 12.4 Å². The highest BCUT2D eigenvalue weighted by atomic mass is 32.2. The summed E-state index contributed by atoms with van der Waals surface area (Å²) in [6.07, 6.45) is 3.69. The number of nitrogens with one attached hydrogen (secondary N) is 1. The lowest BCUT2D eigenvalue weighted by Gasteiger charge is -2.25. The molecule has 2 rings (SSSR count). The van der Waals surface area contributed by atoms with Crippen molar-refractivity contribution in [1.82, 2.24) is 19.4 Å². The van der Waals surface area contributed by atoms with E-state index in [1.807, 2.05) is 0 Å². The molecule has 7 heteroatoms. The van der Waals surface area contributed by atoms with E-state index in [1.54, 1.807) is 4.31 Å². The summed E-state index contributed by atoms with van der Waals surface area (Å²) in [5.41, 5.74) is 0. The first-order valence-electron chi connectivity index (χ1n) is 6.32. The monoisotopic (exact) mass is 272 g/mol. The van der Waals surface area contributed by atoms with Crippen molar-refractivity contribution in [3.63, 3.8) is 0 Å². The highest BCUT2D eigenvalue weighted by Gasteiger charge is 2.34. The molecule has 1 aliphatic rings. The van der Waals surface area contributed by atoms with E-state index in [-0.39, 0.29) is 4.90 Å². The Labute approximate surface area is 108 Å². The summed E-state index contributed by atoms with van der Waals surface area (Å²) in [4.78, 5) is 2.56. The van der Waals surface area contributed by atoms with Crippen LogP contribution in [0.3, 0.4) is 0 Å². The summed E-state index contributed by atoms with van der Waals surface area (Å²) in [6.45, 7) is 7.30. The van der Waals surface area contributed by atoms with Crippen LogP contribution >= 0.6 is 0 Å². The molecule has 0 bridgehead atoms. The van der Waals surface area contributed by atoms with E-state index in [2.05, 4.69) is 28.9 Å². The predicted molar refractivity (Wildman–Crippen MR) is 68.7 cm³/mol. The molecule has 1 saturated heterocycles. The summed E-state index contributed by atoms with van der Waals surface area (Å²) in [5.74, 6) is 0. The van der Waals surface area contributed by atoms with Crippen LogP contribution < -0.4 is 0 Å². The molecule has 1 unspecified atom stereocenters. The van der Waals surface area contributed by atoms with E-state index >= 15 is 0 Å². The van der Waals surface area contributed by atoms with Crippen molar-refractivity contribution in [2.24, 2.45) is 0 Å². The van der Waals surface area contributed by atoms with Crippen molar-refractivity contribution in [1.29, 1.82) is 0 Å². The molecule has 1 aliphatic heterocycles. The van der Waals surface area contributed by atoms with E-state index < -0.39 is 10.0 Å². The zero-order chi connectivity index (χ0) is 13.2. The number of aromatic amines is 1. The normalized spacial score (nSPS) is 21.8. The summed E-state index contributed by atoms with van der Waals surface area (Å²) >= 11 is 0. The van der Waals surface area contributed by atoms with Crippen molar-refractivity contribution in [2.45, 2.75) is 31.2 Å². The van der Waals surface area contributed by atoms with Gasteiger partial charge in [0.15, 0.2) is 0 Å². The van der Waals surface area contributed by atoms with E-state index in [9.17, 15) is 8.42 Å². The van der Waals surface area contributed by atoms with Crippen LogP contribution in [0.2, 0.25) is 0 Å². The fraction of sp³-hybridized carbons (Fsp3) is 0.727. The van der Waals surface area contributed by atoms with Crippen molar-refractivity contribution >= 4 is 10.0 Å². The number of sulfonamides is 1. The molecule has 1 N–H and O–H groups in total. The minimum atomic E-state index is -3.37. The number of nitrogens with zero attached hydrogens (tertiary/aromatic N) is 3. The van der Waals surface area contributed by atoms with Crippen LogP contribution in [-0.2, 0) is 10.0 Å². The van der Waals surface area contributed by atoms with Gasteiger partial charge >= 0.3 is 0 Å². The predicted octanol–water partition coefficient (Wildman–Crippen LogP) is 0.514. The number of hydrogen-bond acceptors (Lipinski definition) is 4.